The number of fused-ring (bicyclic) bond motifs is 1. The number of imidazole rings is 1. The zero-order chi connectivity index (χ0) is 10.3. The summed E-state index contributed by atoms with van der Waals surface area (Å²) < 4.78 is 36.4. The number of halogens is 1. The number of aryl methyl sites for hydroxylation is 1. The van der Waals surface area contributed by atoms with Crippen molar-refractivity contribution in [2.45, 2.75) is 0 Å². The van der Waals surface area contributed by atoms with Crippen molar-refractivity contribution in [1.29, 1.82) is 0 Å². The van der Waals surface area contributed by atoms with Crippen LogP contribution in [-0.4, -0.2) is 12.4 Å². The normalized spacial score (nSPS) is 12.1. The number of rotatable bonds is 1. The van der Waals surface area contributed by atoms with Gasteiger partial charge in [-0.3, -0.25) is 0 Å². The van der Waals surface area contributed by atoms with Gasteiger partial charge in [0.2, 0.25) is 0 Å². The van der Waals surface area contributed by atoms with E-state index in [1.165, 1.54) is 6.33 Å². The molecule has 0 radical (unpaired) electrons. The summed E-state index contributed by atoms with van der Waals surface area (Å²) in [6.07, 6.45) is 1.19. The molecule has 0 atom stereocenters. The molecule has 14 heavy (non-hydrogen) atoms. The predicted octanol–water partition coefficient (Wildman–Crippen LogP) is 0.528. The molecule has 6 heteroatoms. The fourth-order valence-corrected chi connectivity index (χ4v) is 2.05. The fraction of sp³-hybridized carbons (Fsp3) is 0.125. The molecule has 0 bridgehead atoms. The van der Waals surface area contributed by atoms with E-state index in [0.29, 0.717) is 15.0 Å². The van der Waals surface area contributed by atoms with Gasteiger partial charge < -0.3 is 0 Å². The summed E-state index contributed by atoms with van der Waals surface area (Å²) in [5.74, 6) is 0. The van der Waals surface area contributed by atoms with E-state index in [9.17, 15) is 12.3 Å². The second-order valence-corrected chi connectivity index (χ2v) is 4.17. The monoisotopic (exact) mass is 215 g/mol. The van der Waals surface area contributed by atoms with Crippen LogP contribution in [0.1, 0.15) is 0 Å². The number of benzene rings is 1. The minimum atomic E-state index is -4.71. The van der Waals surface area contributed by atoms with Gasteiger partial charge in [0.05, 0.1) is 7.05 Å². The molecule has 1 aromatic carbocycles. The molecule has 0 N–H and O–H groups in total. The molecule has 4 nitrogen and oxygen atoms in total. The second kappa shape index (κ2) is 2.78. The van der Waals surface area contributed by atoms with Crippen LogP contribution in [0.15, 0.2) is 30.6 Å². The fourth-order valence-electron chi connectivity index (χ4n) is 1.40. The van der Waals surface area contributed by atoms with Gasteiger partial charge in [-0.15, -0.1) is 0 Å². The first-order valence-electron chi connectivity index (χ1n) is 3.91. The standard InChI is InChI=1S/C8H8FN2O2S/c1-10-6-11(14(9,12)13)8-5-3-2-4-7(8)10/h2-6H,1H3/q+1. The van der Waals surface area contributed by atoms with Crippen LogP contribution in [0, 0.1) is 0 Å². The van der Waals surface area contributed by atoms with Gasteiger partial charge in [0.15, 0.2) is 11.0 Å². The van der Waals surface area contributed by atoms with Crippen LogP contribution in [0.5, 0.6) is 0 Å². The summed E-state index contributed by atoms with van der Waals surface area (Å²) in [5.41, 5.74) is 0.992. The van der Waals surface area contributed by atoms with Crippen molar-refractivity contribution in [3.05, 3.63) is 30.6 Å². The van der Waals surface area contributed by atoms with Gasteiger partial charge in [-0.25, -0.2) is 4.57 Å². The Hall–Kier alpha value is -1.43. The molecule has 0 amide bonds. The van der Waals surface area contributed by atoms with Crippen LogP contribution in [0.25, 0.3) is 11.0 Å². The summed E-state index contributed by atoms with van der Waals surface area (Å²) in [6, 6.07) is 6.69. The molecule has 0 saturated heterocycles. The summed E-state index contributed by atoms with van der Waals surface area (Å²) in [6.45, 7) is 0. The van der Waals surface area contributed by atoms with Crippen LogP contribution in [0.3, 0.4) is 0 Å². The number of para-hydroxylation sites is 2. The van der Waals surface area contributed by atoms with Crippen molar-refractivity contribution in [3.8, 4) is 0 Å². The Bertz CT molecular complexity index is 588. The van der Waals surface area contributed by atoms with Crippen molar-refractivity contribution >= 4 is 21.4 Å². The Kier molecular flexibility index (Phi) is 1.81. The average Bonchev–Trinajstić information content (AvgIpc) is 2.44. The molecule has 0 aliphatic rings. The van der Waals surface area contributed by atoms with Crippen molar-refractivity contribution in [3.63, 3.8) is 0 Å². The lowest BCUT2D eigenvalue weighted by molar-refractivity contribution is -0.645. The number of aromatic nitrogens is 2. The first-order valence-corrected chi connectivity index (χ1v) is 5.25. The minimum absolute atomic E-state index is 0.331. The van der Waals surface area contributed by atoms with Gasteiger partial charge in [-0.1, -0.05) is 20.0 Å². The highest BCUT2D eigenvalue weighted by Crippen LogP contribution is 2.12. The van der Waals surface area contributed by atoms with Crippen molar-refractivity contribution in [1.82, 2.24) is 3.97 Å². The summed E-state index contributed by atoms with van der Waals surface area (Å²) in [7, 11) is -3.06. The van der Waals surface area contributed by atoms with Gasteiger partial charge in [0, 0.05) is 0 Å². The zero-order valence-corrected chi connectivity index (χ0v) is 8.20. The van der Waals surface area contributed by atoms with Crippen molar-refractivity contribution in [2.24, 2.45) is 7.05 Å². The molecule has 0 spiro atoms. The third-order valence-corrected chi connectivity index (χ3v) is 2.77. The molecule has 0 saturated carbocycles. The smallest absolute Gasteiger partial charge is 0.232 e. The molecule has 1 aromatic heterocycles. The Labute approximate surface area is 80.5 Å². The molecule has 1 heterocycles. The quantitative estimate of drug-likeness (QED) is 0.514. The van der Waals surface area contributed by atoms with Gasteiger partial charge in [0.1, 0.15) is 0 Å². The second-order valence-electron chi connectivity index (χ2n) is 2.95. The lowest BCUT2D eigenvalue weighted by atomic mass is 10.3. The van der Waals surface area contributed by atoms with Crippen LogP contribution in [0.4, 0.5) is 3.89 Å². The number of nitrogens with zero attached hydrogens (tertiary/aromatic N) is 2. The Morgan fingerprint density at radius 1 is 1.36 bits per heavy atom. The van der Waals surface area contributed by atoms with E-state index in [1.54, 1.807) is 35.9 Å². The number of hydrogen-bond acceptors (Lipinski definition) is 2. The molecule has 0 aliphatic carbocycles. The van der Waals surface area contributed by atoms with Crippen molar-refractivity contribution in [2.75, 3.05) is 0 Å². The highest BCUT2D eigenvalue weighted by Gasteiger charge is 2.23. The largest absolute Gasteiger partial charge is 0.481 e. The SMILES string of the molecule is C[n+]1cn(S(=O)(=O)F)c2ccccc21. The summed E-state index contributed by atoms with van der Waals surface area (Å²) in [4.78, 5) is 0. The third kappa shape index (κ3) is 1.27. The summed E-state index contributed by atoms with van der Waals surface area (Å²) in [5, 5.41) is 0. The van der Waals surface area contributed by atoms with E-state index in [4.69, 9.17) is 0 Å². The Balaban J connectivity index is 2.93. The maximum absolute atomic E-state index is 12.8. The molecule has 2 rings (SSSR count). The molecule has 2 aromatic rings. The first kappa shape index (κ1) is 9.14. The van der Waals surface area contributed by atoms with E-state index in [1.807, 2.05) is 0 Å². The zero-order valence-electron chi connectivity index (χ0n) is 7.38. The van der Waals surface area contributed by atoms with Crippen LogP contribution in [-0.2, 0) is 17.5 Å². The molecular weight excluding hydrogens is 207 g/mol. The highest BCUT2D eigenvalue weighted by atomic mass is 32.3. The van der Waals surface area contributed by atoms with Crippen molar-refractivity contribution < 1.29 is 16.9 Å². The van der Waals surface area contributed by atoms with Gasteiger partial charge in [-0.05, 0) is 12.1 Å². The van der Waals surface area contributed by atoms with E-state index in [0.717, 1.165) is 0 Å². The summed E-state index contributed by atoms with van der Waals surface area (Å²) >= 11 is 0. The Morgan fingerprint density at radius 2 is 2.00 bits per heavy atom. The molecule has 0 unspecified atom stereocenters. The van der Waals surface area contributed by atoms with E-state index < -0.39 is 10.4 Å². The van der Waals surface area contributed by atoms with E-state index in [-0.39, 0.29) is 0 Å². The lowest BCUT2D eigenvalue weighted by Gasteiger charge is -1.87. The van der Waals surface area contributed by atoms with Gasteiger partial charge >= 0.3 is 10.4 Å². The molecule has 74 valence electrons. The number of hydrogen-bond donors (Lipinski definition) is 0. The Morgan fingerprint density at radius 3 is 2.64 bits per heavy atom. The maximum atomic E-state index is 12.8. The lowest BCUT2D eigenvalue weighted by Crippen LogP contribution is -2.25. The maximum Gasteiger partial charge on any atom is 0.481 e. The molecule has 0 aliphatic heterocycles. The molecular formula is C8H8FN2O2S+. The van der Waals surface area contributed by atoms with E-state index in [2.05, 4.69) is 0 Å². The first-order chi connectivity index (χ1) is 6.50. The average molecular weight is 215 g/mol. The van der Waals surface area contributed by atoms with E-state index >= 15 is 0 Å². The topological polar surface area (TPSA) is 43.0 Å². The van der Waals surface area contributed by atoms with Crippen LogP contribution < -0.4 is 4.57 Å². The highest BCUT2D eigenvalue weighted by molar-refractivity contribution is 7.84. The minimum Gasteiger partial charge on any atom is -0.232 e. The third-order valence-electron chi connectivity index (χ3n) is 2.01. The van der Waals surface area contributed by atoms with Crippen LogP contribution in [0.2, 0.25) is 0 Å². The molecule has 0 fully saturated rings. The predicted molar refractivity (Wildman–Crippen MR) is 48.5 cm³/mol. The van der Waals surface area contributed by atoms with Gasteiger partial charge in [0.25, 0.3) is 6.33 Å². The van der Waals surface area contributed by atoms with Gasteiger partial charge in [-0.2, -0.15) is 8.42 Å². The van der Waals surface area contributed by atoms with Crippen LogP contribution >= 0.6 is 0 Å².